The summed E-state index contributed by atoms with van der Waals surface area (Å²) in [5.41, 5.74) is 3.55. The van der Waals surface area contributed by atoms with Crippen LogP contribution in [-0.2, 0) is 16.0 Å². The van der Waals surface area contributed by atoms with Gasteiger partial charge in [0, 0.05) is 0 Å². The molecule has 0 aliphatic rings. The number of hydrogen-bond acceptors (Lipinski definition) is 2. The Morgan fingerprint density at radius 1 is 0.957 bits per heavy atom. The number of benzene rings is 2. The van der Waals surface area contributed by atoms with Crippen LogP contribution in [-0.4, -0.2) is 45.2 Å². The molecule has 1 atom stereocenters. The van der Waals surface area contributed by atoms with Crippen molar-refractivity contribution >= 4 is 5.97 Å². The molecule has 0 amide bonds. The van der Waals surface area contributed by atoms with Crippen molar-refractivity contribution in [3.63, 3.8) is 0 Å². The van der Waals surface area contributed by atoms with Gasteiger partial charge in [0.1, 0.15) is 5.92 Å². The molecule has 2 aromatic carbocycles. The van der Waals surface area contributed by atoms with Crippen LogP contribution in [0.25, 0.3) is 11.1 Å². The number of ether oxygens (including phenoxy) is 1. The Morgan fingerprint density at radius 2 is 1.52 bits per heavy atom. The van der Waals surface area contributed by atoms with Crippen LogP contribution in [0.2, 0.25) is 0 Å². The first-order valence-corrected chi connectivity index (χ1v) is 7.92. The third kappa shape index (κ3) is 5.22. The SMILES string of the molecule is COC(=O)C(Cc1ccc(-c2ccccc2)cc1)C[N+](C)(C)C. The molecule has 0 radical (unpaired) electrons. The minimum absolute atomic E-state index is 0.123. The van der Waals surface area contributed by atoms with Gasteiger partial charge in [-0.2, -0.15) is 0 Å². The van der Waals surface area contributed by atoms with Gasteiger partial charge in [0.05, 0.1) is 34.8 Å². The average molecular weight is 312 g/mol. The fourth-order valence-corrected chi connectivity index (χ4v) is 2.80. The molecule has 0 N–H and O–H groups in total. The smallest absolute Gasteiger partial charge is 0.314 e. The Labute approximate surface area is 139 Å². The molecule has 0 fully saturated rings. The van der Waals surface area contributed by atoms with Crippen LogP contribution in [0.5, 0.6) is 0 Å². The van der Waals surface area contributed by atoms with Gasteiger partial charge in [-0.1, -0.05) is 54.6 Å². The summed E-state index contributed by atoms with van der Waals surface area (Å²) in [4.78, 5) is 12.1. The van der Waals surface area contributed by atoms with Gasteiger partial charge in [-0.25, -0.2) is 0 Å². The van der Waals surface area contributed by atoms with Crippen molar-refractivity contribution in [2.24, 2.45) is 5.92 Å². The number of esters is 1. The van der Waals surface area contributed by atoms with Gasteiger partial charge >= 0.3 is 5.97 Å². The number of carbonyl (C=O) groups excluding carboxylic acids is 1. The summed E-state index contributed by atoms with van der Waals surface area (Å²) in [7, 11) is 7.74. The Morgan fingerprint density at radius 3 is 2.04 bits per heavy atom. The van der Waals surface area contributed by atoms with Gasteiger partial charge in [0.2, 0.25) is 0 Å². The van der Waals surface area contributed by atoms with E-state index >= 15 is 0 Å². The topological polar surface area (TPSA) is 26.3 Å². The molecule has 0 aliphatic heterocycles. The van der Waals surface area contributed by atoms with Crippen molar-refractivity contribution < 1.29 is 14.0 Å². The van der Waals surface area contributed by atoms with Crippen LogP contribution >= 0.6 is 0 Å². The van der Waals surface area contributed by atoms with E-state index in [2.05, 4.69) is 57.5 Å². The monoisotopic (exact) mass is 312 g/mol. The number of methoxy groups -OCH3 is 1. The zero-order chi connectivity index (χ0) is 16.9. The second-order valence-corrected chi connectivity index (χ2v) is 6.96. The predicted octanol–water partition coefficient (Wildman–Crippen LogP) is 3.39. The van der Waals surface area contributed by atoms with Crippen LogP contribution in [0.15, 0.2) is 54.6 Å². The molecule has 0 aliphatic carbocycles. The van der Waals surface area contributed by atoms with Crippen molar-refractivity contribution in [1.29, 1.82) is 0 Å². The zero-order valence-electron chi connectivity index (χ0n) is 14.5. The zero-order valence-corrected chi connectivity index (χ0v) is 14.5. The Kier molecular flexibility index (Phi) is 5.56. The van der Waals surface area contributed by atoms with Crippen molar-refractivity contribution in [3.8, 4) is 11.1 Å². The normalized spacial score (nSPS) is 12.7. The van der Waals surface area contributed by atoms with E-state index in [-0.39, 0.29) is 11.9 Å². The number of carbonyl (C=O) groups is 1. The van der Waals surface area contributed by atoms with Gasteiger partial charge in [-0.15, -0.1) is 0 Å². The maximum atomic E-state index is 12.1. The molecule has 0 heterocycles. The van der Waals surface area contributed by atoms with E-state index in [4.69, 9.17) is 4.74 Å². The van der Waals surface area contributed by atoms with E-state index in [1.54, 1.807) is 0 Å². The lowest BCUT2D eigenvalue weighted by Crippen LogP contribution is -2.42. The summed E-state index contributed by atoms with van der Waals surface area (Å²) in [6.45, 7) is 0.757. The van der Waals surface area contributed by atoms with Crippen molar-refractivity contribution in [3.05, 3.63) is 60.2 Å². The number of nitrogens with zero attached hydrogens (tertiary/aromatic N) is 1. The summed E-state index contributed by atoms with van der Waals surface area (Å²) in [5.74, 6) is -0.257. The lowest BCUT2D eigenvalue weighted by atomic mass is 9.96. The Bertz CT molecular complexity index is 627. The summed E-state index contributed by atoms with van der Waals surface area (Å²) < 4.78 is 5.71. The van der Waals surface area contributed by atoms with E-state index in [0.717, 1.165) is 16.6 Å². The molecular formula is C20H26NO2+. The van der Waals surface area contributed by atoms with Crippen LogP contribution < -0.4 is 0 Å². The van der Waals surface area contributed by atoms with Crippen LogP contribution in [0, 0.1) is 5.92 Å². The summed E-state index contributed by atoms with van der Waals surface area (Å²) in [5, 5.41) is 0. The minimum Gasteiger partial charge on any atom is -0.469 e. The molecule has 0 spiro atoms. The third-order valence-corrected chi connectivity index (χ3v) is 3.85. The molecule has 23 heavy (non-hydrogen) atoms. The average Bonchev–Trinajstić information content (AvgIpc) is 2.54. The first kappa shape index (κ1) is 17.2. The largest absolute Gasteiger partial charge is 0.469 e. The van der Waals surface area contributed by atoms with Crippen LogP contribution in [0.3, 0.4) is 0 Å². The first-order valence-electron chi connectivity index (χ1n) is 7.92. The third-order valence-electron chi connectivity index (χ3n) is 3.85. The maximum Gasteiger partial charge on any atom is 0.314 e. The predicted molar refractivity (Wildman–Crippen MR) is 94.0 cm³/mol. The van der Waals surface area contributed by atoms with Crippen LogP contribution in [0.4, 0.5) is 0 Å². The second-order valence-electron chi connectivity index (χ2n) is 6.96. The number of quaternary nitrogens is 1. The molecule has 3 nitrogen and oxygen atoms in total. The van der Waals surface area contributed by atoms with Gasteiger partial charge in [0.15, 0.2) is 0 Å². The maximum absolute atomic E-state index is 12.1. The number of rotatable bonds is 6. The van der Waals surface area contributed by atoms with E-state index in [1.807, 2.05) is 18.2 Å². The summed E-state index contributed by atoms with van der Waals surface area (Å²) >= 11 is 0. The quantitative estimate of drug-likeness (QED) is 0.604. The summed E-state index contributed by atoms with van der Waals surface area (Å²) in [6.07, 6.45) is 0.706. The first-order chi connectivity index (χ1) is 10.9. The van der Waals surface area contributed by atoms with E-state index in [9.17, 15) is 4.79 Å². The standard InChI is InChI=1S/C20H26NO2/c1-21(2,3)15-19(20(22)23-4)14-16-10-12-18(13-11-16)17-8-6-5-7-9-17/h5-13,19H,14-15H2,1-4H3/q+1. The molecule has 122 valence electrons. The van der Waals surface area contributed by atoms with Gasteiger partial charge in [-0.3, -0.25) is 4.79 Å². The van der Waals surface area contributed by atoms with E-state index in [1.165, 1.54) is 18.2 Å². The Hall–Kier alpha value is -2.13. The lowest BCUT2D eigenvalue weighted by molar-refractivity contribution is -0.872. The highest BCUT2D eigenvalue weighted by molar-refractivity contribution is 5.73. The van der Waals surface area contributed by atoms with Gasteiger partial charge in [-0.05, 0) is 23.1 Å². The fraction of sp³-hybridized carbons (Fsp3) is 0.350. The van der Waals surface area contributed by atoms with Gasteiger partial charge in [0.25, 0.3) is 0 Å². The molecular weight excluding hydrogens is 286 g/mol. The highest BCUT2D eigenvalue weighted by Crippen LogP contribution is 2.21. The van der Waals surface area contributed by atoms with Crippen molar-refractivity contribution in [2.75, 3.05) is 34.8 Å². The van der Waals surface area contributed by atoms with E-state index in [0.29, 0.717) is 6.42 Å². The summed E-state index contributed by atoms with van der Waals surface area (Å²) in [6, 6.07) is 18.7. The van der Waals surface area contributed by atoms with E-state index < -0.39 is 0 Å². The highest BCUT2D eigenvalue weighted by Gasteiger charge is 2.26. The molecule has 3 heteroatoms. The number of hydrogen-bond donors (Lipinski definition) is 0. The fourth-order valence-electron chi connectivity index (χ4n) is 2.80. The van der Waals surface area contributed by atoms with Crippen molar-refractivity contribution in [2.45, 2.75) is 6.42 Å². The molecule has 0 saturated carbocycles. The van der Waals surface area contributed by atoms with Crippen molar-refractivity contribution in [1.82, 2.24) is 0 Å². The molecule has 2 rings (SSSR count). The minimum atomic E-state index is -0.134. The van der Waals surface area contributed by atoms with Crippen LogP contribution in [0.1, 0.15) is 5.56 Å². The molecule has 2 aromatic rings. The lowest BCUT2D eigenvalue weighted by Gasteiger charge is -2.28. The molecule has 1 unspecified atom stereocenters. The molecule has 0 bridgehead atoms. The molecule has 0 aromatic heterocycles. The van der Waals surface area contributed by atoms with Gasteiger partial charge < -0.3 is 9.22 Å². The second kappa shape index (κ2) is 7.42. The Balaban J connectivity index is 2.13. The molecule has 0 saturated heterocycles. The highest BCUT2D eigenvalue weighted by atomic mass is 16.5.